The van der Waals surface area contributed by atoms with E-state index in [0.717, 1.165) is 38.8 Å². The van der Waals surface area contributed by atoms with Crippen molar-refractivity contribution < 1.29 is 0 Å². The Bertz CT molecular complexity index is 692. The van der Waals surface area contributed by atoms with Gasteiger partial charge in [0.05, 0.1) is 10.7 Å². The molecule has 5 heteroatoms. The van der Waals surface area contributed by atoms with Crippen molar-refractivity contribution >= 4 is 11.3 Å². The molecule has 0 aliphatic heterocycles. The van der Waals surface area contributed by atoms with Gasteiger partial charge in [-0.25, -0.2) is 4.98 Å². The number of pyridine rings is 1. The highest BCUT2D eigenvalue weighted by molar-refractivity contribution is 7.11. The summed E-state index contributed by atoms with van der Waals surface area (Å²) in [7, 11) is 0. The molecule has 0 aromatic carbocycles. The highest BCUT2D eigenvalue weighted by Gasteiger charge is 2.23. The van der Waals surface area contributed by atoms with Gasteiger partial charge in [-0.3, -0.25) is 4.79 Å². The number of unbranched alkanes of at least 4 members (excludes halogenated alkanes) is 1. The monoisotopic (exact) mass is 331 g/mol. The van der Waals surface area contributed by atoms with Crippen molar-refractivity contribution in [2.45, 2.75) is 58.0 Å². The van der Waals surface area contributed by atoms with Crippen molar-refractivity contribution in [2.75, 3.05) is 6.54 Å². The number of nitrogens with zero attached hydrogens (tertiary/aromatic N) is 2. The zero-order valence-corrected chi connectivity index (χ0v) is 14.6. The summed E-state index contributed by atoms with van der Waals surface area (Å²) in [5, 5.41) is 4.97. The fourth-order valence-electron chi connectivity index (χ4n) is 3.15. The molecule has 124 valence electrons. The third kappa shape index (κ3) is 4.09. The van der Waals surface area contributed by atoms with Gasteiger partial charge in [0.1, 0.15) is 0 Å². The lowest BCUT2D eigenvalue weighted by molar-refractivity contribution is 0.449. The molecule has 0 fully saturated rings. The molecule has 1 aliphatic rings. The summed E-state index contributed by atoms with van der Waals surface area (Å²) in [5.74, 6) is 0. The lowest BCUT2D eigenvalue weighted by Gasteiger charge is -2.22. The second-order valence-electron chi connectivity index (χ2n) is 6.11. The first-order valence-corrected chi connectivity index (χ1v) is 9.47. The van der Waals surface area contributed by atoms with Crippen LogP contribution < -0.4 is 10.9 Å². The van der Waals surface area contributed by atoms with E-state index in [1.165, 1.54) is 28.4 Å². The molecule has 23 heavy (non-hydrogen) atoms. The van der Waals surface area contributed by atoms with Crippen LogP contribution in [0, 0.1) is 0 Å². The van der Waals surface area contributed by atoms with Crippen LogP contribution >= 0.6 is 11.3 Å². The number of hydrogen-bond acceptors (Lipinski definition) is 4. The zero-order valence-electron chi connectivity index (χ0n) is 13.8. The maximum Gasteiger partial charge on any atom is 0.250 e. The fourth-order valence-corrected chi connectivity index (χ4v) is 4.31. The second-order valence-corrected chi connectivity index (χ2v) is 7.23. The van der Waals surface area contributed by atoms with Gasteiger partial charge in [0.25, 0.3) is 0 Å². The van der Waals surface area contributed by atoms with E-state index < -0.39 is 0 Å². The van der Waals surface area contributed by atoms with E-state index in [9.17, 15) is 4.79 Å². The summed E-state index contributed by atoms with van der Waals surface area (Å²) in [6.45, 7) is 3.99. The lowest BCUT2D eigenvalue weighted by atomic mass is 9.98. The van der Waals surface area contributed by atoms with Crippen molar-refractivity contribution in [3.05, 3.63) is 50.3 Å². The molecule has 3 rings (SSSR count). The van der Waals surface area contributed by atoms with Crippen molar-refractivity contribution in [2.24, 2.45) is 0 Å². The van der Waals surface area contributed by atoms with Gasteiger partial charge in [0, 0.05) is 29.7 Å². The van der Waals surface area contributed by atoms with Crippen molar-refractivity contribution in [1.29, 1.82) is 0 Å². The van der Waals surface area contributed by atoms with Crippen molar-refractivity contribution in [3.8, 4) is 0 Å². The standard InChI is InChI=1S/C18H25N3OS/c1-2-16-20-15-9-7-8-14(18(15)23-16)19-11-4-6-13-21-12-5-3-10-17(21)22/h3,5,10,12,14,19H,2,4,6-9,11,13H2,1H3. The molecule has 4 nitrogen and oxygen atoms in total. The first-order chi connectivity index (χ1) is 11.3. The molecular formula is C18H25N3OS. The lowest BCUT2D eigenvalue weighted by Crippen LogP contribution is -2.25. The Kier molecular flexibility index (Phi) is 5.62. The van der Waals surface area contributed by atoms with E-state index in [-0.39, 0.29) is 5.56 Å². The molecule has 2 aromatic rings. The molecule has 0 amide bonds. The molecule has 1 N–H and O–H groups in total. The quantitative estimate of drug-likeness (QED) is 0.792. The van der Waals surface area contributed by atoms with Crippen LogP contribution in [-0.2, 0) is 19.4 Å². The van der Waals surface area contributed by atoms with Crippen LogP contribution in [0.15, 0.2) is 29.2 Å². The van der Waals surface area contributed by atoms with Crippen molar-refractivity contribution in [1.82, 2.24) is 14.9 Å². The molecule has 2 aromatic heterocycles. The van der Waals surface area contributed by atoms with Gasteiger partial charge in [0.15, 0.2) is 0 Å². The topological polar surface area (TPSA) is 46.9 Å². The van der Waals surface area contributed by atoms with Crippen LogP contribution in [0.1, 0.15) is 54.2 Å². The second kappa shape index (κ2) is 7.88. The van der Waals surface area contributed by atoms with Crippen LogP contribution in [0.5, 0.6) is 0 Å². The summed E-state index contributed by atoms with van der Waals surface area (Å²) in [4.78, 5) is 17.9. The summed E-state index contributed by atoms with van der Waals surface area (Å²) >= 11 is 1.89. The minimum Gasteiger partial charge on any atom is -0.316 e. The van der Waals surface area contributed by atoms with Crippen LogP contribution in [0.4, 0.5) is 0 Å². The van der Waals surface area contributed by atoms with Gasteiger partial charge in [0.2, 0.25) is 5.56 Å². The summed E-state index contributed by atoms with van der Waals surface area (Å²) in [6.07, 6.45) is 8.61. The molecular weight excluding hydrogens is 306 g/mol. The number of aryl methyl sites for hydroxylation is 3. The molecule has 0 spiro atoms. The molecule has 1 atom stereocenters. The summed E-state index contributed by atoms with van der Waals surface area (Å²) in [5.41, 5.74) is 1.42. The van der Waals surface area contributed by atoms with Gasteiger partial charge >= 0.3 is 0 Å². The summed E-state index contributed by atoms with van der Waals surface area (Å²) in [6, 6.07) is 5.81. The molecule has 2 heterocycles. The normalized spacial score (nSPS) is 17.2. The number of fused-ring (bicyclic) bond motifs is 1. The molecule has 0 saturated carbocycles. The van der Waals surface area contributed by atoms with Crippen LogP contribution in [0.3, 0.4) is 0 Å². The smallest absolute Gasteiger partial charge is 0.250 e. The number of aromatic nitrogens is 2. The molecule has 1 unspecified atom stereocenters. The maximum absolute atomic E-state index is 11.6. The van der Waals surface area contributed by atoms with Gasteiger partial charge in [-0.1, -0.05) is 13.0 Å². The first-order valence-electron chi connectivity index (χ1n) is 8.65. The fraction of sp³-hybridized carbons (Fsp3) is 0.556. The Balaban J connectivity index is 1.46. The number of hydrogen-bond donors (Lipinski definition) is 1. The van der Waals surface area contributed by atoms with E-state index in [4.69, 9.17) is 4.98 Å². The van der Waals surface area contributed by atoms with Gasteiger partial charge in [-0.15, -0.1) is 11.3 Å². The average Bonchev–Trinajstić information content (AvgIpc) is 3.00. The zero-order chi connectivity index (χ0) is 16.1. The molecule has 0 bridgehead atoms. The van der Waals surface area contributed by atoms with E-state index in [2.05, 4.69) is 12.2 Å². The van der Waals surface area contributed by atoms with Gasteiger partial charge in [-0.05, 0) is 51.1 Å². The van der Waals surface area contributed by atoms with Crippen LogP contribution in [0.2, 0.25) is 0 Å². The third-order valence-electron chi connectivity index (χ3n) is 4.41. The Morgan fingerprint density at radius 3 is 3.13 bits per heavy atom. The Hall–Kier alpha value is -1.46. The highest BCUT2D eigenvalue weighted by atomic mass is 32.1. The summed E-state index contributed by atoms with van der Waals surface area (Å²) < 4.78 is 1.79. The van der Waals surface area contributed by atoms with Crippen LogP contribution in [0.25, 0.3) is 0 Å². The Morgan fingerprint density at radius 1 is 1.39 bits per heavy atom. The van der Waals surface area contributed by atoms with E-state index in [1.807, 2.05) is 23.6 Å². The molecule has 0 radical (unpaired) electrons. The van der Waals surface area contributed by atoms with Crippen LogP contribution in [-0.4, -0.2) is 16.1 Å². The largest absolute Gasteiger partial charge is 0.316 e. The molecule has 0 saturated heterocycles. The maximum atomic E-state index is 11.6. The highest BCUT2D eigenvalue weighted by Crippen LogP contribution is 2.34. The van der Waals surface area contributed by atoms with E-state index in [1.54, 1.807) is 16.7 Å². The van der Waals surface area contributed by atoms with Gasteiger partial charge < -0.3 is 9.88 Å². The first kappa shape index (κ1) is 16.4. The minimum atomic E-state index is 0.0918. The Labute approximate surface area is 141 Å². The Morgan fingerprint density at radius 2 is 2.30 bits per heavy atom. The predicted octanol–water partition coefficient (Wildman–Crippen LogP) is 3.31. The molecule has 1 aliphatic carbocycles. The van der Waals surface area contributed by atoms with E-state index in [0.29, 0.717) is 6.04 Å². The minimum absolute atomic E-state index is 0.0918. The van der Waals surface area contributed by atoms with Gasteiger partial charge in [-0.2, -0.15) is 0 Å². The van der Waals surface area contributed by atoms with Crippen molar-refractivity contribution in [3.63, 3.8) is 0 Å². The van der Waals surface area contributed by atoms with E-state index >= 15 is 0 Å². The average molecular weight is 331 g/mol. The third-order valence-corrected chi connectivity index (χ3v) is 5.77. The number of nitrogens with one attached hydrogen (secondary N) is 1. The number of rotatable bonds is 7. The predicted molar refractivity (Wildman–Crippen MR) is 95.1 cm³/mol. The number of thiazole rings is 1. The SMILES string of the molecule is CCc1nc2c(s1)C(NCCCCn1ccccc1=O)CCC2.